The van der Waals surface area contributed by atoms with Gasteiger partial charge in [0.15, 0.2) is 11.0 Å². The van der Waals surface area contributed by atoms with Crippen molar-refractivity contribution in [2.24, 2.45) is 0 Å². The van der Waals surface area contributed by atoms with E-state index in [4.69, 9.17) is 4.42 Å². The van der Waals surface area contributed by atoms with E-state index < -0.39 is 9.84 Å². The summed E-state index contributed by atoms with van der Waals surface area (Å²) in [5.41, 5.74) is 0.995. The first-order valence-electron chi connectivity index (χ1n) is 5.74. The van der Waals surface area contributed by atoms with Crippen molar-refractivity contribution in [1.82, 2.24) is 0 Å². The van der Waals surface area contributed by atoms with E-state index in [1.54, 1.807) is 12.1 Å². The Kier molecular flexibility index (Phi) is 3.57. The van der Waals surface area contributed by atoms with Gasteiger partial charge >= 0.3 is 0 Å². The number of hydrogen-bond donors (Lipinski definition) is 0. The minimum atomic E-state index is -3.56. The molecule has 0 N–H and O–H groups in total. The summed E-state index contributed by atoms with van der Waals surface area (Å²) in [6.45, 7) is 4.85. The molecule has 0 radical (unpaired) electrons. The fourth-order valence-electron chi connectivity index (χ4n) is 1.89. The van der Waals surface area contributed by atoms with E-state index in [0.717, 1.165) is 5.56 Å². The molecule has 6 heteroatoms. The molecular formula is C13H13BrO4S. The number of sulfone groups is 1. The minimum Gasteiger partial charge on any atom is -0.443 e. The summed E-state index contributed by atoms with van der Waals surface area (Å²) in [4.78, 5) is 12.3. The van der Waals surface area contributed by atoms with Crippen LogP contribution in [0, 0.1) is 13.8 Å². The van der Waals surface area contributed by atoms with Crippen LogP contribution in [-0.2, 0) is 9.84 Å². The predicted molar refractivity (Wildman–Crippen MR) is 77.4 cm³/mol. The summed E-state index contributed by atoms with van der Waals surface area (Å²) in [6.07, 6.45) is 0. The highest BCUT2D eigenvalue weighted by atomic mass is 79.9. The molecule has 0 aliphatic heterocycles. The molecule has 2 rings (SSSR count). The van der Waals surface area contributed by atoms with Crippen molar-refractivity contribution in [3.8, 4) is 0 Å². The molecule has 0 unspecified atom stereocenters. The first-order valence-corrected chi connectivity index (χ1v) is 8.18. The van der Waals surface area contributed by atoms with Crippen molar-refractivity contribution >= 4 is 36.7 Å². The molecular weight excluding hydrogens is 332 g/mol. The Labute approximate surface area is 119 Å². The van der Waals surface area contributed by atoms with Crippen LogP contribution in [0.5, 0.6) is 0 Å². The molecule has 0 atom stereocenters. The summed E-state index contributed by atoms with van der Waals surface area (Å²) in [5.74, 6) is -0.105. The van der Waals surface area contributed by atoms with Crippen LogP contribution in [0.25, 0.3) is 11.0 Å². The third-order valence-electron chi connectivity index (χ3n) is 2.94. The number of fused-ring (bicyclic) bond motifs is 1. The molecule has 19 heavy (non-hydrogen) atoms. The van der Waals surface area contributed by atoms with E-state index >= 15 is 0 Å². The number of rotatable bonds is 2. The van der Waals surface area contributed by atoms with Gasteiger partial charge in [0.25, 0.3) is 0 Å². The smallest absolute Gasteiger partial charge is 0.225 e. The van der Waals surface area contributed by atoms with Crippen LogP contribution < -0.4 is 5.43 Å². The molecule has 0 fully saturated rings. The van der Waals surface area contributed by atoms with Crippen LogP contribution in [0.4, 0.5) is 0 Å². The maximum absolute atomic E-state index is 12.3. The Morgan fingerprint density at radius 2 is 1.89 bits per heavy atom. The summed E-state index contributed by atoms with van der Waals surface area (Å²) in [7, 11) is -3.56. The second-order valence-electron chi connectivity index (χ2n) is 4.37. The largest absolute Gasteiger partial charge is 0.443 e. The van der Waals surface area contributed by atoms with E-state index in [0.29, 0.717) is 9.86 Å². The van der Waals surface area contributed by atoms with Gasteiger partial charge in [-0.05, 0) is 47.5 Å². The van der Waals surface area contributed by atoms with Crippen molar-refractivity contribution in [2.45, 2.75) is 25.9 Å². The van der Waals surface area contributed by atoms with E-state index in [1.165, 1.54) is 13.8 Å². The van der Waals surface area contributed by atoms with Crippen molar-refractivity contribution in [1.29, 1.82) is 0 Å². The van der Waals surface area contributed by atoms with Crippen LogP contribution in [-0.4, -0.2) is 14.2 Å². The molecule has 102 valence electrons. The standard InChI is InChI=1S/C13H13BrO4S/c1-4-19(16,17)13-8(3)11(15)9-5-7(2)6-10(14)12(9)18-13/h5-6H,4H2,1-3H3. The summed E-state index contributed by atoms with van der Waals surface area (Å²) in [6, 6.07) is 3.48. The summed E-state index contributed by atoms with van der Waals surface area (Å²) >= 11 is 3.30. The normalized spacial score (nSPS) is 12.0. The van der Waals surface area contributed by atoms with Crippen molar-refractivity contribution in [3.63, 3.8) is 0 Å². The molecule has 0 saturated heterocycles. The SMILES string of the molecule is CCS(=O)(=O)c1oc2c(Br)cc(C)cc2c(=O)c1C. The first kappa shape index (κ1) is 14.3. The number of halogens is 1. The quantitative estimate of drug-likeness (QED) is 0.839. The average molecular weight is 345 g/mol. The zero-order valence-electron chi connectivity index (χ0n) is 10.8. The second kappa shape index (κ2) is 4.76. The Hall–Kier alpha value is -1.14. The third-order valence-corrected chi connectivity index (χ3v) is 5.24. The highest BCUT2D eigenvalue weighted by Crippen LogP contribution is 2.27. The lowest BCUT2D eigenvalue weighted by Crippen LogP contribution is -2.14. The highest BCUT2D eigenvalue weighted by Gasteiger charge is 2.22. The van der Waals surface area contributed by atoms with Gasteiger partial charge < -0.3 is 4.42 Å². The zero-order chi connectivity index (χ0) is 14.4. The second-order valence-corrected chi connectivity index (χ2v) is 7.40. The Bertz CT molecular complexity index is 819. The molecule has 0 amide bonds. The Morgan fingerprint density at radius 3 is 2.47 bits per heavy atom. The van der Waals surface area contributed by atoms with Gasteiger partial charge in [0, 0.05) is 0 Å². The molecule has 0 saturated carbocycles. The van der Waals surface area contributed by atoms with Gasteiger partial charge in [-0.15, -0.1) is 0 Å². The van der Waals surface area contributed by atoms with Crippen molar-refractivity contribution < 1.29 is 12.8 Å². The van der Waals surface area contributed by atoms with E-state index in [2.05, 4.69) is 15.9 Å². The number of benzene rings is 1. The van der Waals surface area contributed by atoms with Crippen molar-refractivity contribution in [2.75, 3.05) is 5.75 Å². The summed E-state index contributed by atoms with van der Waals surface area (Å²) < 4.78 is 30.0. The van der Waals surface area contributed by atoms with Crippen molar-refractivity contribution in [3.05, 3.63) is 38.0 Å². The monoisotopic (exact) mass is 344 g/mol. The molecule has 4 nitrogen and oxygen atoms in total. The summed E-state index contributed by atoms with van der Waals surface area (Å²) in [5, 5.41) is 0.150. The molecule has 2 aromatic rings. The first-order chi connectivity index (χ1) is 8.77. The average Bonchev–Trinajstić information content (AvgIpc) is 2.34. The Morgan fingerprint density at radius 1 is 1.26 bits per heavy atom. The maximum atomic E-state index is 12.3. The van der Waals surface area contributed by atoms with Crippen LogP contribution in [0.1, 0.15) is 18.1 Å². The molecule has 0 aliphatic rings. The van der Waals surface area contributed by atoms with Crippen LogP contribution in [0.15, 0.2) is 30.9 Å². The lowest BCUT2D eigenvalue weighted by molar-refractivity contribution is 0.462. The topological polar surface area (TPSA) is 64.3 Å². The fourth-order valence-corrected chi connectivity index (χ4v) is 3.58. The maximum Gasteiger partial charge on any atom is 0.225 e. The highest BCUT2D eigenvalue weighted by molar-refractivity contribution is 9.10. The third kappa shape index (κ3) is 2.34. The van der Waals surface area contributed by atoms with Crippen LogP contribution in [0.3, 0.4) is 0 Å². The zero-order valence-corrected chi connectivity index (χ0v) is 13.2. The van der Waals surface area contributed by atoms with E-state index in [1.807, 2.05) is 6.92 Å². The lowest BCUT2D eigenvalue weighted by atomic mass is 10.1. The van der Waals surface area contributed by atoms with E-state index in [9.17, 15) is 13.2 Å². The molecule has 1 aromatic heterocycles. The van der Waals surface area contributed by atoms with Crippen LogP contribution in [0.2, 0.25) is 0 Å². The minimum absolute atomic E-state index is 0.105. The van der Waals surface area contributed by atoms with Gasteiger partial charge in [-0.25, -0.2) is 8.42 Å². The Balaban J connectivity index is 3.01. The fraction of sp³-hybridized carbons (Fsp3) is 0.308. The lowest BCUT2D eigenvalue weighted by Gasteiger charge is -2.08. The molecule has 0 spiro atoms. The van der Waals surface area contributed by atoms with Gasteiger partial charge in [-0.2, -0.15) is 0 Å². The predicted octanol–water partition coefficient (Wildman–Crippen LogP) is 2.97. The molecule has 1 heterocycles. The van der Waals surface area contributed by atoms with Gasteiger partial charge in [0.05, 0.1) is 21.2 Å². The molecule has 1 aromatic carbocycles. The molecule has 0 aliphatic carbocycles. The van der Waals surface area contributed by atoms with Gasteiger partial charge in [-0.3, -0.25) is 4.79 Å². The number of aryl methyl sites for hydroxylation is 1. The van der Waals surface area contributed by atoms with Gasteiger partial charge in [0.1, 0.15) is 0 Å². The van der Waals surface area contributed by atoms with Gasteiger partial charge in [-0.1, -0.05) is 6.92 Å². The van der Waals surface area contributed by atoms with Crippen LogP contribution >= 0.6 is 15.9 Å². The molecule has 0 bridgehead atoms. The van der Waals surface area contributed by atoms with Gasteiger partial charge in [0.2, 0.25) is 14.9 Å². The number of hydrogen-bond acceptors (Lipinski definition) is 4. The van der Waals surface area contributed by atoms with E-state index in [-0.39, 0.29) is 27.4 Å².